The van der Waals surface area contributed by atoms with E-state index in [1.165, 1.54) is 18.5 Å². The van der Waals surface area contributed by atoms with E-state index >= 15 is 0 Å². The molecule has 0 saturated heterocycles. The van der Waals surface area contributed by atoms with Crippen LogP contribution in [0.5, 0.6) is 5.75 Å². The van der Waals surface area contributed by atoms with Crippen molar-refractivity contribution >= 4 is 57.6 Å². The number of nitrogens with one attached hydrogen (secondary N) is 3. The normalized spacial score (nSPS) is 11.1. The van der Waals surface area contributed by atoms with Crippen molar-refractivity contribution < 1.29 is 22.7 Å². The highest BCUT2D eigenvalue weighted by Crippen LogP contribution is 2.33. The number of aromatic amines is 1. The number of benzene rings is 1. The summed E-state index contributed by atoms with van der Waals surface area (Å²) >= 11 is 12.3. The van der Waals surface area contributed by atoms with E-state index < -0.39 is 23.7 Å². The topological polar surface area (TPSA) is 105 Å². The molecule has 1 aromatic carbocycles. The number of ether oxygens (including phenoxy) is 1. The van der Waals surface area contributed by atoms with Gasteiger partial charge in [0.25, 0.3) is 12.3 Å². The molecule has 8 nitrogen and oxygen atoms in total. The van der Waals surface area contributed by atoms with Gasteiger partial charge in [-0.15, -0.1) is 0 Å². The SMILES string of the molecule is CCOc1cc2[nH]c(Nc3c(Cl)cncc3Cl)nc2cc1C(=O)Nc1cc(C(F)F)c(F)cn1. The van der Waals surface area contributed by atoms with Gasteiger partial charge in [-0.2, -0.15) is 0 Å². The molecule has 0 saturated carbocycles. The van der Waals surface area contributed by atoms with Gasteiger partial charge in [-0.25, -0.2) is 23.1 Å². The summed E-state index contributed by atoms with van der Waals surface area (Å²) < 4.78 is 45.0. The predicted octanol–water partition coefficient (Wildman–Crippen LogP) is 6.13. The number of alkyl halides is 2. The molecule has 4 rings (SSSR count). The Morgan fingerprint density at radius 1 is 1.18 bits per heavy atom. The number of pyridine rings is 2. The number of hydrogen-bond acceptors (Lipinski definition) is 6. The van der Waals surface area contributed by atoms with Crippen LogP contribution in [0.1, 0.15) is 29.3 Å². The Bertz CT molecular complexity index is 1360. The molecule has 176 valence electrons. The average Bonchev–Trinajstić information content (AvgIpc) is 3.18. The number of hydrogen-bond donors (Lipinski definition) is 3. The summed E-state index contributed by atoms with van der Waals surface area (Å²) in [5.41, 5.74) is 0.498. The fraction of sp³-hybridized carbons (Fsp3) is 0.143. The summed E-state index contributed by atoms with van der Waals surface area (Å²) in [7, 11) is 0. The van der Waals surface area contributed by atoms with Crippen molar-refractivity contribution in [1.29, 1.82) is 0 Å². The van der Waals surface area contributed by atoms with Gasteiger partial charge in [-0.05, 0) is 19.1 Å². The number of H-pyrrole nitrogens is 1. The van der Waals surface area contributed by atoms with Gasteiger partial charge < -0.3 is 20.4 Å². The molecule has 13 heteroatoms. The monoisotopic (exact) mass is 510 g/mol. The lowest BCUT2D eigenvalue weighted by atomic mass is 10.1. The van der Waals surface area contributed by atoms with Crippen molar-refractivity contribution in [2.24, 2.45) is 0 Å². The molecule has 3 N–H and O–H groups in total. The van der Waals surface area contributed by atoms with Gasteiger partial charge in [-0.3, -0.25) is 9.78 Å². The number of aromatic nitrogens is 4. The van der Waals surface area contributed by atoms with Crippen LogP contribution in [0.4, 0.5) is 30.6 Å². The summed E-state index contributed by atoms with van der Waals surface area (Å²) in [6, 6.07) is 3.78. The Labute approximate surface area is 200 Å². The fourth-order valence-corrected chi connectivity index (χ4v) is 3.53. The lowest BCUT2D eigenvalue weighted by Gasteiger charge is -2.11. The molecule has 0 spiro atoms. The van der Waals surface area contributed by atoms with Crippen LogP contribution in [0.2, 0.25) is 10.0 Å². The molecular formula is C21H15Cl2F3N6O2. The number of rotatable bonds is 7. The largest absolute Gasteiger partial charge is 0.493 e. The number of amides is 1. The minimum absolute atomic E-state index is 0.0668. The van der Waals surface area contributed by atoms with Crippen molar-refractivity contribution in [3.8, 4) is 5.75 Å². The van der Waals surface area contributed by atoms with Gasteiger partial charge in [0.1, 0.15) is 11.6 Å². The van der Waals surface area contributed by atoms with Crippen LogP contribution in [0.25, 0.3) is 11.0 Å². The highest BCUT2D eigenvalue weighted by Gasteiger charge is 2.20. The van der Waals surface area contributed by atoms with Crippen LogP contribution < -0.4 is 15.4 Å². The van der Waals surface area contributed by atoms with E-state index in [9.17, 15) is 18.0 Å². The first-order valence-electron chi connectivity index (χ1n) is 9.74. The molecule has 1 amide bonds. The molecule has 0 radical (unpaired) electrons. The zero-order valence-corrected chi connectivity index (χ0v) is 18.8. The van der Waals surface area contributed by atoms with Crippen LogP contribution in [0.3, 0.4) is 0 Å². The lowest BCUT2D eigenvalue weighted by Crippen LogP contribution is -2.15. The Morgan fingerprint density at radius 2 is 1.91 bits per heavy atom. The van der Waals surface area contributed by atoms with Crippen molar-refractivity contribution in [2.45, 2.75) is 13.3 Å². The number of carbonyl (C=O) groups is 1. The van der Waals surface area contributed by atoms with Gasteiger partial charge >= 0.3 is 0 Å². The smallest absolute Gasteiger partial charge is 0.266 e. The van der Waals surface area contributed by atoms with Crippen molar-refractivity contribution in [3.05, 3.63) is 63.8 Å². The third kappa shape index (κ3) is 4.85. The number of halogens is 5. The summed E-state index contributed by atoms with van der Waals surface area (Å²) in [4.78, 5) is 27.8. The van der Waals surface area contributed by atoms with E-state index in [2.05, 4.69) is 30.6 Å². The number of imidazole rings is 1. The molecule has 0 atom stereocenters. The van der Waals surface area contributed by atoms with Crippen molar-refractivity contribution in [3.63, 3.8) is 0 Å². The summed E-state index contributed by atoms with van der Waals surface area (Å²) in [6.07, 6.45) is 0.380. The summed E-state index contributed by atoms with van der Waals surface area (Å²) in [5.74, 6) is -1.63. The highest BCUT2D eigenvalue weighted by atomic mass is 35.5. The van der Waals surface area contributed by atoms with E-state index in [4.69, 9.17) is 27.9 Å². The third-order valence-electron chi connectivity index (χ3n) is 4.59. The maximum absolute atomic E-state index is 13.5. The second-order valence-electron chi connectivity index (χ2n) is 6.83. The van der Waals surface area contributed by atoms with Crippen molar-refractivity contribution in [2.75, 3.05) is 17.2 Å². The zero-order chi connectivity index (χ0) is 24.4. The Kier molecular flexibility index (Phi) is 6.75. The lowest BCUT2D eigenvalue weighted by molar-refractivity contribution is 0.102. The number of anilines is 3. The number of carbonyl (C=O) groups excluding carboxylic acids is 1. The second kappa shape index (κ2) is 9.74. The number of nitrogens with zero attached hydrogens (tertiary/aromatic N) is 3. The van der Waals surface area contributed by atoms with Crippen LogP contribution in [-0.4, -0.2) is 32.4 Å². The molecule has 0 bridgehead atoms. The van der Waals surface area contributed by atoms with Gasteiger partial charge in [0, 0.05) is 18.5 Å². The fourth-order valence-electron chi connectivity index (χ4n) is 3.07. The minimum Gasteiger partial charge on any atom is -0.493 e. The molecule has 3 heterocycles. The van der Waals surface area contributed by atoms with E-state index in [0.717, 1.165) is 6.07 Å². The molecular weight excluding hydrogens is 496 g/mol. The van der Waals surface area contributed by atoms with Gasteiger partial charge in [0.05, 0.1) is 50.7 Å². The van der Waals surface area contributed by atoms with E-state index in [1.807, 2.05) is 0 Å². The third-order valence-corrected chi connectivity index (χ3v) is 5.16. The van der Waals surface area contributed by atoms with Crippen LogP contribution >= 0.6 is 23.2 Å². The Hall–Kier alpha value is -3.57. The zero-order valence-electron chi connectivity index (χ0n) is 17.3. The summed E-state index contributed by atoms with van der Waals surface area (Å²) in [5, 5.41) is 5.90. The van der Waals surface area contributed by atoms with Gasteiger partial charge in [0.15, 0.2) is 5.82 Å². The quantitative estimate of drug-likeness (QED) is 0.276. The van der Waals surface area contributed by atoms with Crippen LogP contribution in [0.15, 0.2) is 36.8 Å². The van der Waals surface area contributed by atoms with Gasteiger partial charge in [0.2, 0.25) is 5.95 Å². The molecule has 0 aliphatic rings. The molecule has 0 aliphatic carbocycles. The maximum Gasteiger partial charge on any atom is 0.266 e. The first kappa shape index (κ1) is 23.6. The Balaban J connectivity index is 1.67. The minimum atomic E-state index is -3.06. The molecule has 0 aliphatic heterocycles. The maximum atomic E-state index is 13.5. The number of fused-ring (bicyclic) bond motifs is 1. The van der Waals surface area contributed by atoms with Gasteiger partial charge in [-0.1, -0.05) is 23.2 Å². The molecule has 0 fully saturated rings. The predicted molar refractivity (Wildman–Crippen MR) is 122 cm³/mol. The van der Waals surface area contributed by atoms with E-state index in [0.29, 0.717) is 22.9 Å². The molecule has 3 aromatic heterocycles. The molecule has 0 unspecified atom stereocenters. The van der Waals surface area contributed by atoms with E-state index in [1.54, 1.807) is 13.0 Å². The standard InChI is InChI=1S/C21H15Cl2F3N6O2/c1-2-34-16-5-15-14(29-21(30-15)32-18-11(22)6-27-7-12(18)23)3-10(16)20(33)31-17-4-9(19(25)26)13(24)8-28-17/h3-8,19H,2H2,1H3,(H,28,31,33)(H2,27,29,30,32). The molecule has 4 aromatic rings. The molecule has 34 heavy (non-hydrogen) atoms. The van der Waals surface area contributed by atoms with Crippen LogP contribution in [-0.2, 0) is 0 Å². The first-order valence-corrected chi connectivity index (χ1v) is 10.5. The van der Waals surface area contributed by atoms with E-state index in [-0.39, 0.29) is 39.7 Å². The summed E-state index contributed by atoms with van der Waals surface area (Å²) in [6.45, 7) is 1.98. The van der Waals surface area contributed by atoms with Crippen LogP contribution in [0, 0.1) is 5.82 Å². The van der Waals surface area contributed by atoms with Crippen molar-refractivity contribution in [1.82, 2.24) is 19.9 Å². The average molecular weight is 511 g/mol. The highest BCUT2D eigenvalue weighted by molar-refractivity contribution is 6.39. The Morgan fingerprint density at radius 3 is 2.59 bits per heavy atom. The second-order valence-corrected chi connectivity index (χ2v) is 7.65. The first-order chi connectivity index (χ1) is 16.3.